The van der Waals surface area contributed by atoms with Gasteiger partial charge in [-0.15, -0.1) is 0 Å². The molecule has 0 amide bonds. The van der Waals surface area contributed by atoms with Crippen LogP contribution in [0.1, 0.15) is 65.2 Å². The molecular formula is C27H32F6O2. The van der Waals surface area contributed by atoms with Crippen LogP contribution in [0.3, 0.4) is 0 Å². The average molecular weight is 503 g/mol. The molecule has 0 aromatic rings. The maximum Gasteiger partial charge on any atom is 0.438 e. The van der Waals surface area contributed by atoms with Crippen LogP contribution in [0.15, 0.2) is 47.1 Å². The van der Waals surface area contributed by atoms with Crippen LogP contribution in [0.2, 0.25) is 0 Å². The van der Waals surface area contributed by atoms with E-state index in [1.165, 1.54) is 5.57 Å². The summed E-state index contributed by atoms with van der Waals surface area (Å²) in [5.41, 5.74) is -1.25. The highest BCUT2D eigenvalue weighted by molar-refractivity contribution is 5.39. The fraction of sp³-hybridized carbons (Fsp3) is 0.630. The average Bonchev–Trinajstić information content (AvgIpc) is 3.10. The summed E-state index contributed by atoms with van der Waals surface area (Å²) in [6, 6.07) is 0. The number of halogens is 6. The van der Waals surface area contributed by atoms with Crippen LogP contribution in [0, 0.1) is 29.1 Å². The topological polar surface area (TPSA) is 40.5 Å². The number of hydrogen-bond donors (Lipinski definition) is 2. The Kier molecular flexibility index (Phi) is 7.74. The molecule has 35 heavy (non-hydrogen) atoms. The predicted molar refractivity (Wildman–Crippen MR) is 122 cm³/mol. The predicted octanol–water partition coefficient (Wildman–Crippen LogP) is 6.96. The standard InChI is InChI=1S/C27H32F6O2/c1-17(7-5-16-25(35,26(28,29)30)27(31,32)33)21-13-14-22-20(9-6-15-24(21,22)3)12-11-19-8-4-10-23(34)18(19)2/h11-13,17,22-23,34-35H,2,4,6-10,14-15H2,1,3H3/b19-11-,20-12+/t17-,22?,23-,24+/m0/s1. The van der Waals surface area contributed by atoms with Crippen molar-refractivity contribution in [2.75, 3.05) is 0 Å². The number of fused-ring (bicyclic) bond motifs is 1. The van der Waals surface area contributed by atoms with Gasteiger partial charge in [0.2, 0.25) is 0 Å². The quantitative estimate of drug-likeness (QED) is 0.249. The lowest BCUT2D eigenvalue weighted by atomic mass is 9.62. The first-order valence-electron chi connectivity index (χ1n) is 11.9. The molecule has 0 aliphatic heterocycles. The minimum Gasteiger partial charge on any atom is -0.388 e. The van der Waals surface area contributed by atoms with Crippen LogP contribution in [0.25, 0.3) is 0 Å². The molecule has 3 rings (SSSR count). The molecule has 2 nitrogen and oxygen atoms in total. The maximum atomic E-state index is 12.9. The number of aliphatic hydroxyl groups is 2. The van der Waals surface area contributed by atoms with Crippen molar-refractivity contribution >= 4 is 0 Å². The number of rotatable bonds is 3. The SMILES string of the molecule is C=C1/C(=C\C=C2/CCC[C@]3(C)C([C@@H](C)CC#CC(O)(C(F)(F)F)C(F)(F)F)=CCC23)CCC[C@@H]1O. The molecular weight excluding hydrogens is 470 g/mol. The van der Waals surface area contributed by atoms with Gasteiger partial charge in [0.05, 0.1) is 6.10 Å². The molecule has 0 aromatic carbocycles. The van der Waals surface area contributed by atoms with E-state index in [4.69, 9.17) is 0 Å². The number of hydrogen-bond acceptors (Lipinski definition) is 2. The van der Waals surface area contributed by atoms with Crippen LogP contribution < -0.4 is 0 Å². The largest absolute Gasteiger partial charge is 0.438 e. The van der Waals surface area contributed by atoms with Gasteiger partial charge in [-0.05, 0) is 79.3 Å². The van der Waals surface area contributed by atoms with Crippen molar-refractivity contribution < 1.29 is 36.6 Å². The van der Waals surface area contributed by atoms with E-state index in [-0.39, 0.29) is 23.7 Å². The Labute approximate surface area is 202 Å². The highest BCUT2D eigenvalue weighted by atomic mass is 19.4. The van der Waals surface area contributed by atoms with E-state index < -0.39 is 24.1 Å². The Balaban J connectivity index is 1.77. The third kappa shape index (κ3) is 5.27. The Hall–Kier alpha value is -1.98. The molecule has 0 aromatic heterocycles. The minimum absolute atomic E-state index is 0.197. The molecule has 1 unspecified atom stereocenters. The van der Waals surface area contributed by atoms with Crippen LogP contribution in [0.4, 0.5) is 26.3 Å². The second-order valence-corrected chi connectivity index (χ2v) is 10.2. The second-order valence-electron chi connectivity index (χ2n) is 10.2. The number of aliphatic hydroxyl groups excluding tert-OH is 1. The van der Waals surface area contributed by atoms with Gasteiger partial charge < -0.3 is 10.2 Å². The number of alkyl halides is 6. The van der Waals surface area contributed by atoms with Gasteiger partial charge >= 0.3 is 18.0 Å². The Bertz CT molecular complexity index is 974. The van der Waals surface area contributed by atoms with Gasteiger partial charge in [0.25, 0.3) is 0 Å². The highest BCUT2D eigenvalue weighted by Gasteiger charge is 2.70. The molecule has 2 N–H and O–H groups in total. The Morgan fingerprint density at radius 3 is 2.43 bits per heavy atom. The monoisotopic (exact) mass is 502 g/mol. The van der Waals surface area contributed by atoms with Gasteiger partial charge in [0, 0.05) is 6.42 Å². The highest BCUT2D eigenvalue weighted by Crippen LogP contribution is 2.57. The minimum atomic E-state index is -5.94. The molecule has 2 fully saturated rings. The molecule has 4 atom stereocenters. The van der Waals surface area contributed by atoms with Gasteiger partial charge in [-0.3, -0.25) is 0 Å². The summed E-state index contributed by atoms with van der Waals surface area (Å²) >= 11 is 0. The molecule has 3 aliphatic carbocycles. The fourth-order valence-electron chi connectivity index (χ4n) is 5.79. The normalized spacial score (nSPS) is 31.1. The van der Waals surface area contributed by atoms with Gasteiger partial charge in [-0.2, -0.15) is 26.3 Å². The molecule has 0 heterocycles. The number of allylic oxidation sites excluding steroid dienone is 5. The maximum absolute atomic E-state index is 12.9. The first-order valence-corrected chi connectivity index (χ1v) is 11.9. The van der Waals surface area contributed by atoms with Crippen molar-refractivity contribution in [3.8, 4) is 11.8 Å². The summed E-state index contributed by atoms with van der Waals surface area (Å²) in [5.74, 6) is 2.89. The van der Waals surface area contributed by atoms with E-state index in [1.807, 2.05) is 18.1 Å². The lowest BCUT2D eigenvalue weighted by Crippen LogP contribution is -2.55. The first-order chi connectivity index (χ1) is 16.1. The van der Waals surface area contributed by atoms with Crippen molar-refractivity contribution in [2.24, 2.45) is 17.3 Å². The third-order valence-electron chi connectivity index (χ3n) is 7.88. The summed E-state index contributed by atoms with van der Waals surface area (Å²) in [7, 11) is 0. The van der Waals surface area contributed by atoms with Crippen molar-refractivity contribution in [3.05, 3.63) is 47.1 Å². The van der Waals surface area contributed by atoms with E-state index in [2.05, 4.69) is 19.6 Å². The molecule has 0 radical (unpaired) electrons. The zero-order valence-corrected chi connectivity index (χ0v) is 20.0. The van der Waals surface area contributed by atoms with Gasteiger partial charge in [0.15, 0.2) is 0 Å². The Morgan fingerprint density at radius 2 is 1.80 bits per heavy atom. The van der Waals surface area contributed by atoms with Crippen LogP contribution in [0.5, 0.6) is 0 Å². The molecule has 8 heteroatoms. The lowest BCUT2D eigenvalue weighted by molar-refractivity contribution is -0.343. The molecule has 0 bridgehead atoms. The summed E-state index contributed by atoms with van der Waals surface area (Å²) in [5, 5.41) is 19.3. The Morgan fingerprint density at radius 1 is 1.14 bits per heavy atom. The van der Waals surface area contributed by atoms with E-state index in [1.54, 1.807) is 6.92 Å². The van der Waals surface area contributed by atoms with Gasteiger partial charge in [-0.1, -0.05) is 55.7 Å². The van der Waals surface area contributed by atoms with Crippen molar-refractivity contribution in [1.29, 1.82) is 0 Å². The van der Waals surface area contributed by atoms with Crippen molar-refractivity contribution in [2.45, 2.75) is 89.3 Å². The smallest absolute Gasteiger partial charge is 0.388 e. The molecule has 0 saturated heterocycles. The van der Waals surface area contributed by atoms with Crippen LogP contribution in [-0.4, -0.2) is 34.3 Å². The molecule has 3 aliphatic rings. The molecule has 2 saturated carbocycles. The van der Waals surface area contributed by atoms with E-state index >= 15 is 0 Å². The van der Waals surface area contributed by atoms with E-state index in [9.17, 15) is 36.6 Å². The van der Waals surface area contributed by atoms with Crippen LogP contribution >= 0.6 is 0 Å². The molecule has 194 valence electrons. The van der Waals surface area contributed by atoms with Crippen LogP contribution in [-0.2, 0) is 0 Å². The first kappa shape index (κ1) is 27.6. The zero-order chi connectivity index (χ0) is 26.2. The van der Waals surface area contributed by atoms with Gasteiger partial charge in [-0.25, -0.2) is 0 Å². The third-order valence-corrected chi connectivity index (χ3v) is 7.88. The summed E-state index contributed by atoms with van der Waals surface area (Å²) in [6.07, 6.45) is -0.497. The fourth-order valence-corrected chi connectivity index (χ4v) is 5.79. The van der Waals surface area contributed by atoms with E-state index in [0.717, 1.165) is 61.2 Å². The van der Waals surface area contributed by atoms with E-state index in [0.29, 0.717) is 6.42 Å². The summed E-state index contributed by atoms with van der Waals surface area (Å²) in [6.45, 7) is 7.86. The van der Waals surface area contributed by atoms with Crippen molar-refractivity contribution in [3.63, 3.8) is 0 Å². The summed E-state index contributed by atoms with van der Waals surface area (Å²) < 4.78 is 77.3. The molecule has 0 spiro atoms. The van der Waals surface area contributed by atoms with Gasteiger partial charge in [0.1, 0.15) is 0 Å². The summed E-state index contributed by atoms with van der Waals surface area (Å²) in [4.78, 5) is 0. The lowest BCUT2D eigenvalue weighted by Gasteiger charge is -2.42. The second kappa shape index (κ2) is 9.82. The zero-order valence-electron chi connectivity index (χ0n) is 20.0. The van der Waals surface area contributed by atoms with Crippen molar-refractivity contribution in [1.82, 2.24) is 0 Å².